The monoisotopic (exact) mass is 468 g/mol. The van der Waals surface area contributed by atoms with Crippen molar-refractivity contribution >= 4 is 44.4 Å². The molecule has 0 saturated heterocycles. The van der Waals surface area contributed by atoms with Gasteiger partial charge in [-0.3, -0.25) is 14.2 Å². The molecular weight excluding hydrogens is 455 g/mol. The summed E-state index contributed by atoms with van der Waals surface area (Å²) >= 11 is 9.39. The van der Waals surface area contributed by atoms with Crippen LogP contribution < -0.4 is 11.2 Å². The van der Waals surface area contributed by atoms with E-state index in [1.807, 2.05) is 0 Å². The fraction of sp³-hybridized carbons (Fsp3) is 0.211. The van der Waals surface area contributed by atoms with Gasteiger partial charge in [-0.05, 0) is 36.2 Å². The van der Waals surface area contributed by atoms with E-state index in [1.165, 1.54) is 22.8 Å². The predicted octanol–water partition coefficient (Wildman–Crippen LogP) is 3.41. The highest BCUT2D eigenvalue weighted by Crippen LogP contribution is 2.24. The second-order valence-electron chi connectivity index (χ2n) is 6.16. The molecule has 28 heavy (non-hydrogen) atoms. The normalized spacial score (nSPS) is 11.1. The molecule has 0 aliphatic rings. The lowest BCUT2D eigenvalue weighted by Gasteiger charge is -2.16. The Morgan fingerprint density at radius 2 is 1.93 bits per heavy atom. The van der Waals surface area contributed by atoms with Crippen LogP contribution in [0.2, 0.25) is 5.02 Å². The second-order valence-corrected chi connectivity index (χ2v) is 7.49. The number of carboxylic acids is 1. The quantitative estimate of drug-likeness (QED) is 0.621. The van der Waals surface area contributed by atoms with Crippen LogP contribution in [0.3, 0.4) is 0 Å². The smallest absolute Gasteiger partial charge is 0.332 e. The molecular formula is C19H15BrClFN2O4. The second kappa shape index (κ2) is 7.89. The lowest BCUT2D eigenvalue weighted by molar-refractivity contribution is -0.137. The number of carboxylic acid groups (broad SMARTS) is 1. The standard InChI is InChI=1S/C19H15BrClFN2O4/c1-2-12-13(21)5-6-15-17(12)18(27)24(9-16(25)26)19(28)23(15)8-10-3-4-11(20)7-14(10)22/h3-7H,2,8-9H2,1H3,(H,25,26). The van der Waals surface area contributed by atoms with Crippen molar-refractivity contribution in [2.45, 2.75) is 26.4 Å². The Kier molecular flexibility index (Phi) is 5.71. The van der Waals surface area contributed by atoms with Gasteiger partial charge >= 0.3 is 11.7 Å². The van der Waals surface area contributed by atoms with Crippen LogP contribution in [0.15, 0.2) is 44.4 Å². The zero-order valence-electron chi connectivity index (χ0n) is 14.7. The summed E-state index contributed by atoms with van der Waals surface area (Å²) in [4.78, 5) is 37.0. The van der Waals surface area contributed by atoms with E-state index in [-0.39, 0.29) is 23.0 Å². The van der Waals surface area contributed by atoms with Gasteiger partial charge in [0.25, 0.3) is 5.56 Å². The Hall–Kier alpha value is -2.45. The fourth-order valence-corrected chi connectivity index (χ4v) is 3.76. The van der Waals surface area contributed by atoms with Gasteiger partial charge in [0, 0.05) is 15.1 Å². The third kappa shape index (κ3) is 3.62. The summed E-state index contributed by atoms with van der Waals surface area (Å²) in [7, 11) is 0. The number of benzene rings is 2. The number of aliphatic carboxylic acids is 1. The van der Waals surface area contributed by atoms with E-state index in [0.717, 1.165) is 0 Å². The average molecular weight is 470 g/mol. The molecule has 2 aromatic carbocycles. The minimum atomic E-state index is -1.33. The van der Waals surface area contributed by atoms with Crippen molar-refractivity contribution < 1.29 is 14.3 Å². The van der Waals surface area contributed by atoms with Gasteiger partial charge in [-0.25, -0.2) is 13.8 Å². The van der Waals surface area contributed by atoms with Crippen molar-refractivity contribution in [2.24, 2.45) is 0 Å². The first-order valence-electron chi connectivity index (χ1n) is 8.35. The molecule has 0 fully saturated rings. The van der Waals surface area contributed by atoms with Gasteiger partial charge in [0.05, 0.1) is 17.4 Å². The number of rotatable bonds is 5. The van der Waals surface area contributed by atoms with Gasteiger partial charge in [-0.2, -0.15) is 0 Å². The molecule has 146 valence electrons. The number of fused-ring (bicyclic) bond motifs is 1. The summed E-state index contributed by atoms with van der Waals surface area (Å²) in [5.74, 6) is -1.87. The first kappa shape index (κ1) is 20.3. The van der Waals surface area contributed by atoms with Gasteiger partial charge in [0.2, 0.25) is 0 Å². The van der Waals surface area contributed by atoms with Crippen molar-refractivity contribution in [3.8, 4) is 0 Å². The van der Waals surface area contributed by atoms with Crippen LogP contribution in [0.4, 0.5) is 4.39 Å². The van der Waals surface area contributed by atoms with Gasteiger partial charge < -0.3 is 5.11 Å². The van der Waals surface area contributed by atoms with E-state index in [4.69, 9.17) is 16.7 Å². The molecule has 0 amide bonds. The first-order valence-corrected chi connectivity index (χ1v) is 9.52. The molecule has 9 heteroatoms. The summed E-state index contributed by atoms with van der Waals surface area (Å²) in [5, 5.41) is 9.63. The Morgan fingerprint density at radius 3 is 2.54 bits per heavy atom. The molecule has 3 aromatic rings. The number of hydrogen-bond donors (Lipinski definition) is 1. The molecule has 1 N–H and O–H groups in total. The summed E-state index contributed by atoms with van der Waals surface area (Å²) in [5.41, 5.74) is -0.547. The molecule has 0 aliphatic heterocycles. The first-order chi connectivity index (χ1) is 13.2. The topological polar surface area (TPSA) is 81.3 Å². The Morgan fingerprint density at radius 1 is 1.21 bits per heavy atom. The Bertz CT molecular complexity index is 1220. The third-order valence-corrected chi connectivity index (χ3v) is 5.28. The lowest BCUT2D eigenvalue weighted by Crippen LogP contribution is -2.42. The van der Waals surface area contributed by atoms with Gasteiger partial charge in [-0.15, -0.1) is 0 Å². The summed E-state index contributed by atoms with van der Waals surface area (Å²) in [6.07, 6.45) is 0.406. The van der Waals surface area contributed by atoms with E-state index >= 15 is 0 Å². The highest BCUT2D eigenvalue weighted by Gasteiger charge is 2.19. The molecule has 1 aromatic heterocycles. The maximum absolute atomic E-state index is 14.3. The molecule has 0 unspecified atom stereocenters. The number of nitrogens with zero attached hydrogens (tertiary/aromatic N) is 2. The third-order valence-electron chi connectivity index (χ3n) is 4.44. The maximum atomic E-state index is 14.3. The zero-order chi connectivity index (χ0) is 20.6. The van der Waals surface area contributed by atoms with Crippen LogP contribution in [0.1, 0.15) is 18.1 Å². The summed E-state index contributed by atoms with van der Waals surface area (Å²) in [6, 6.07) is 7.50. The maximum Gasteiger partial charge on any atom is 0.332 e. The molecule has 0 radical (unpaired) electrons. The number of hydrogen-bond acceptors (Lipinski definition) is 3. The molecule has 6 nitrogen and oxygen atoms in total. The highest BCUT2D eigenvalue weighted by atomic mass is 79.9. The average Bonchev–Trinajstić information content (AvgIpc) is 2.63. The van der Waals surface area contributed by atoms with Crippen molar-refractivity contribution in [2.75, 3.05) is 0 Å². The van der Waals surface area contributed by atoms with Crippen LogP contribution in [-0.4, -0.2) is 20.2 Å². The van der Waals surface area contributed by atoms with Gasteiger partial charge in [-0.1, -0.05) is 40.5 Å². The van der Waals surface area contributed by atoms with E-state index in [1.54, 1.807) is 19.1 Å². The molecule has 0 saturated carbocycles. The summed E-state index contributed by atoms with van der Waals surface area (Å²) in [6.45, 7) is 0.830. The van der Waals surface area contributed by atoms with E-state index in [0.29, 0.717) is 26.0 Å². The molecule has 3 rings (SSSR count). The predicted molar refractivity (Wildman–Crippen MR) is 108 cm³/mol. The largest absolute Gasteiger partial charge is 0.480 e. The fourth-order valence-electron chi connectivity index (χ4n) is 3.14. The number of halogens is 3. The SMILES string of the molecule is CCc1c(Cl)ccc2c1c(=O)n(CC(=O)O)c(=O)n2Cc1ccc(Br)cc1F. The molecule has 0 aliphatic carbocycles. The molecule has 0 spiro atoms. The Labute approximate surface area is 171 Å². The van der Waals surface area contributed by atoms with Gasteiger partial charge in [0.15, 0.2) is 0 Å². The van der Waals surface area contributed by atoms with Crippen molar-refractivity contribution in [3.63, 3.8) is 0 Å². The molecule has 1 heterocycles. The van der Waals surface area contributed by atoms with Crippen LogP contribution in [-0.2, 0) is 24.3 Å². The van der Waals surface area contributed by atoms with E-state index in [9.17, 15) is 18.8 Å². The van der Waals surface area contributed by atoms with Crippen LogP contribution in [0.25, 0.3) is 10.9 Å². The van der Waals surface area contributed by atoms with Crippen LogP contribution >= 0.6 is 27.5 Å². The van der Waals surface area contributed by atoms with E-state index in [2.05, 4.69) is 15.9 Å². The minimum absolute atomic E-state index is 0.161. The number of aryl methyl sites for hydroxylation is 1. The highest BCUT2D eigenvalue weighted by molar-refractivity contribution is 9.10. The van der Waals surface area contributed by atoms with Crippen molar-refractivity contribution in [1.82, 2.24) is 9.13 Å². The van der Waals surface area contributed by atoms with Crippen molar-refractivity contribution in [3.05, 3.63) is 77.6 Å². The lowest BCUT2D eigenvalue weighted by atomic mass is 10.1. The van der Waals surface area contributed by atoms with Crippen LogP contribution in [0, 0.1) is 5.82 Å². The number of carbonyl (C=O) groups is 1. The van der Waals surface area contributed by atoms with Crippen molar-refractivity contribution in [1.29, 1.82) is 0 Å². The molecule has 0 bridgehead atoms. The van der Waals surface area contributed by atoms with E-state index < -0.39 is 29.6 Å². The Balaban J connectivity index is 2.39. The zero-order valence-corrected chi connectivity index (χ0v) is 17.1. The van der Waals surface area contributed by atoms with Crippen LogP contribution in [0.5, 0.6) is 0 Å². The van der Waals surface area contributed by atoms with Gasteiger partial charge in [0.1, 0.15) is 12.4 Å². The minimum Gasteiger partial charge on any atom is -0.480 e. The molecule has 0 atom stereocenters. The summed E-state index contributed by atoms with van der Waals surface area (Å²) < 4.78 is 16.7. The number of aromatic nitrogens is 2.